The molecular weight excluding hydrogens is 238 g/mol. The maximum Gasteiger partial charge on any atom is 0.223 e. The molecule has 1 amide bonds. The number of nitrogens with two attached hydrogens (primary N) is 1. The second-order valence-corrected chi connectivity index (χ2v) is 5.08. The predicted molar refractivity (Wildman–Crippen MR) is 74.3 cm³/mol. The number of aromatic nitrogens is 1. The quantitative estimate of drug-likeness (QED) is 0.905. The minimum absolute atomic E-state index is 0.186. The van der Waals surface area contributed by atoms with E-state index in [0.29, 0.717) is 25.4 Å². The van der Waals surface area contributed by atoms with Crippen molar-refractivity contribution in [2.24, 2.45) is 11.7 Å². The fourth-order valence-electron chi connectivity index (χ4n) is 2.56. The third kappa shape index (κ3) is 2.44. The third-order valence-corrected chi connectivity index (χ3v) is 3.64. The zero-order valence-corrected chi connectivity index (χ0v) is 10.7. The monoisotopic (exact) mass is 255 g/mol. The van der Waals surface area contributed by atoms with Gasteiger partial charge in [-0.05, 0) is 24.6 Å². The Kier molecular flexibility index (Phi) is 3.17. The maximum absolute atomic E-state index is 11.9. The number of para-hydroxylation sites is 1. The zero-order valence-electron chi connectivity index (χ0n) is 10.7. The summed E-state index contributed by atoms with van der Waals surface area (Å²) in [7, 11) is 0. The van der Waals surface area contributed by atoms with E-state index in [2.05, 4.69) is 11.1 Å². The summed E-state index contributed by atoms with van der Waals surface area (Å²) < 4.78 is 0. The maximum atomic E-state index is 11.9. The molecule has 1 atom stereocenters. The summed E-state index contributed by atoms with van der Waals surface area (Å²) in [5.74, 6) is 0.485. The van der Waals surface area contributed by atoms with Crippen molar-refractivity contribution in [1.29, 1.82) is 0 Å². The van der Waals surface area contributed by atoms with Gasteiger partial charge in [-0.1, -0.05) is 24.3 Å². The number of carbonyl (C=O) groups excluding carboxylic acids is 1. The van der Waals surface area contributed by atoms with E-state index in [4.69, 9.17) is 5.73 Å². The van der Waals surface area contributed by atoms with E-state index >= 15 is 0 Å². The molecule has 2 heterocycles. The SMILES string of the molecule is NCC1CC(=O)N(Cc2ccc3ccccc3n2)C1. The highest BCUT2D eigenvalue weighted by molar-refractivity contribution is 5.79. The Morgan fingerprint density at radius 3 is 2.89 bits per heavy atom. The lowest BCUT2D eigenvalue weighted by Gasteiger charge is -2.16. The lowest BCUT2D eigenvalue weighted by molar-refractivity contribution is -0.128. The highest BCUT2D eigenvalue weighted by atomic mass is 16.2. The molecule has 1 aromatic carbocycles. The summed E-state index contributed by atoms with van der Waals surface area (Å²) in [6.07, 6.45) is 0.573. The molecule has 98 valence electrons. The number of amides is 1. The number of pyridine rings is 1. The van der Waals surface area contributed by atoms with Crippen molar-refractivity contribution in [1.82, 2.24) is 9.88 Å². The van der Waals surface area contributed by atoms with E-state index in [-0.39, 0.29) is 5.91 Å². The predicted octanol–water partition coefficient (Wildman–Crippen LogP) is 1.54. The molecule has 0 spiro atoms. The molecule has 1 aliphatic heterocycles. The minimum Gasteiger partial charge on any atom is -0.336 e. The van der Waals surface area contributed by atoms with E-state index in [1.807, 2.05) is 35.2 Å². The average molecular weight is 255 g/mol. The second kappa shape index (κ2) is 4.97. The molecular formula is C15H17N3O. The first-order valence-electron chi connectivity index (χ1n) is 6.59. The Bertz CT molecular complexity index is 611. The van der Waals surface area contributed by atoms with Crippen molar-refractivity contribution in [2.45, 2.75) is 13.0 Å². The molecule has 2 aromatic rings. The van der Waals surface area contributed by atoms with Gasteiger partial charge in [0.15, 0.2) is 0 Å². The number of carbonyl (C=O) groups is 1. The molecule has 3 rings (SSSR count). The van der Waals surface area contributed by atoms with E-state index in [1.165, 1.54) is 0 Å². The highest BCUT2D eigenvalue weighted by Gasteiger charge is 2.28. The fourth-order valence-corrected chi connectivity index (χ4v) is 2.56. The van der Waals surface area contributed by atoms with E-state index in [9.17, 15) is 4.79 Å². The summed E-state index contributed by atoms with van der Waals surface area (Å²) in [5, 5.41) is 1.12. The summed E-state index contributed by atoms with van der Waals surface area (Å²) >= 11 is 0. The van der Waals surface area contributed by atoms with Crippen LogP contribution in [0.5, 0.6) is 0 Å². The van der Waals surface area contributed by atoms with Gasteiger partial charge in [-0.3, -0.25) is 9.78 Å². The number of likely N-dealkylation sites (tertiary alicyclic amines) is 1. The van der Waals surface area contributed by atoms with Gasteiger partial charge in [-0.15, -0.1) is 0 Å². The van der Waals surface area contributed by atoms with Crippen LogP contribution >= 0.6 is 0 Å². The molecule has 1 aromatic heterocycles. The van der Waals surface area contributed by atoms with Gasteiger partial charge in [0.25, 0.3) is 0 Å². The number of fused-ring (bicyclic) bond motifs is 1. The summed E-state index contributed by atoms with van der Waals surface area (Å²) in [6, 6.07) is 12.1. The number of hydrogen-bond donors (Lipinski definition) is 1. The first-order chi connectivity index (χ1) is 9.26. The first-order valence-corrected chi connectivity index (χ1v) is 6.59. The van der Waals surface area contributed by atoms with Crippen LogP contribution in [0.1, 0.15) is 12.1 Å². The average Bonchev–Trinajstić information content (AvgIpc) is 2.79. The van der Waals surface area contributed by atoms with Gasteiger partial charge in [0, 0.05) is 18.4 Å². The standard InChI is InChI=1S/C15H17N3O/c16-8-11-7-15(19)18(9-11)10-13-6-5-12-3-1-2-4-14(12)17-13/h1-6,11H,7-10,16H2. The molecule has 4 heteroatoms. The normalized spacial score (nSPS) is 19.3. The van der Waals surface area contributed by atoms with Gasteiger partial charge >= 0.3 is 0 Å². The Morgan fingerprint density at radius 2 is 2.11 bits per heavy atom. The minimum atomic E-state index is 0.186. The molecule has 1 unspecified atom stereocenters. The smallest absolute Gasteiger partial charge is 0.223 e. The molecule has 2 N–H and O–H groups in total. The number of rotatable bonds is 3. The number of nitrogens with zero attached hydrogens (tertiary/aromatic N) is 2. The molecule has 1 fully saturated rings. The third-order valence-electron chi connectivity index (χ3n) is 3.64. The van der Waals surface area contributed by atoms with Crippen LogP contribution in [0, 0.1) is 5.92 Å². The van der Waals surface area contributed by atoms with Crippen LogP contribution < -0.4 is 5.73 Å². The van der Waals surface area contributed by atoms with Gasteiger partial charge in [0.2, 0.25) is 5.91 Å². The van der Waals surface area contributed by atoms with Crippen LogP contribution in [0.3, 0.4) is 0 Å². The lowest BCUT2D eigenvalue weighted by atomic mass is 10.1. The fraction of sp³-hybridized carbons (Fsp3) is 0.333. The summed E-state index contributed by atoms with van der Waals surface area (Å²) in [6.45, 7) is 1.91. The summed E-state index contributed by atoms with van der Waals surface area (Å²) in [4.78, 5) is 18.3. The van der Waals surface area contributed by atoms with Crippen LogP contribution in [0.2, 0.25) is 0 Å². The van der Waals surface area contributed by atoms with Crippen LogP contribution in [-0.2, 0) is 11.3 Å². The molecule has 0 aliphatic carbocycles. The van der Waals surface area contributed by atoms with Crippen molar-refractivity contribution >= 4 is 16.8 Å². The topological polar surface area (TPSA) is 59.2 Å². The van der Waals surface area contributed by atoms with Crippen molar-refractivity contribution in [3.63, 3.8) is 0 Å². The van der Waals surface area contributed by atoms with E-state index in [1.54, 1.807) is 0 Å². The van der Waals surface area contributed by atoms with Crippen molar-refractivity contribution in [3.8, 4) is 0 Å². The Morgan fingerprint density at radius 1 is 1.26 bits per heavy atom. The number of benzene rings is 1. The van der Waals surface area contributed by atoms with Crippen molar-refractivity contribution < 1.29 is 4.79 Å². The number of hydrogen-bond acceptors (Lipinski definition) is 3. The Balaban J connectivity index is 1.80. The Labute approximate surface area is 112 Å². The lowest BCUT2D eigenvalue weighted by Crippen LogP contribution is -2.26. The molecule has 1 saturated heterocycles. The van der Waals surface area contributed by atoms with Crippen molar-refractivity contribution in [3.05, 3.63) is 42.1 Å². The summed E-state index contributed by atoms with van der Waals surface area (Å²) in [5.41, 5.74) is 7.54. The van der Waals surface area contributed by atoms with Gasteiger partial charge in [0.05, 0.1) is 17.8 Å². The zero-order chi connectivity index (χ0) is 13.2. The highest BCUT2D eigenvalue weighted by Crippen LogP contribution is 2.19. The second-order valence-electron chi connectivity index (χ2n) is 5.08. The molecule has 4 nitrogen and oxygen atoms in total. The van der Waals surface area contributed by atoms with Crippen LogP contribution in [0.15, 0.2) is 36.4 Å². The van der Waals surface area contributed by atoms with Gasteiger partial charge < -0.3 is 10.6 Å². The van der Waals surface area contributed by atoms with Gasteiger partial charge in [-0.25, -0.2) is 0 Å². The Hall–Kier alpha value is -1.94. The molecule has 0 radical (unpaired) electrons. The molecule has 0 bridgehead atoms. The van der Waals surface area contributed by atoms with Gasteiger partial charge in [-0.2, -0.15) is 0 Å². The van der Waals surface area contributed by atoms with Crippen molar-refractivity contribution in [2.75, 3.05) is 13.1 Å². The molecule has 19 heavy (non-hydrogen) atoms. The van der Waals surface area contributed by atoms with Crippen LogP contribution in [-0.4, -0.2) is 28.9 Å². The van der Waals surface area contributed by atoms with E-state index in [0.717, 1.165) is 23.1 Å². The molecule has 1 aliphatic rings. The van der Waals surface area contributed by atoms with Crippen LogP contribution in [0.4, 0.5) is 0 Å². The first kappa shape index (κ1) is 12.1. The largest absolute Gasteiger partial charge is 0.336 e. The molecule has 0 saturated carbocycles. The van der Waals surface area contributed by atoms with E-state index < -0.39 is 0 Å². The van der Waals surface area contributed by atoms with Crippen LogP contribution in [0.25, 0.3) is 10.9 Å². The van der Waals surface area contributed by atoms with Gasteiger partial charge in [0.1, 0.15) is 0 Å².